The molecule has 0 radical (unpaired) electrons. The Labute approximate surface area is 133 Å². The largest absolute Gasteiger partial charge is 0.355 e. The maximum atomic E-state index is 4.43. The van der Waals surface area contributed by atoms with Crippen molar-refractivity contribution in [1.82, 2.24) is 20.4 Å². The van der Waals surface area contributed by atoms with Gasteiger partial charge in [0.1, 0.15) is 0 Å². The fraction of sp³-hybridized carbons (Fsp3) is 0.588. The van der Waals surface area contributed by atoms with E-state index in [9.17, 15) is 0 Å². The van der Waals surface area contributed by atoms with Gasteiger partial charge in [0.25, 0.3) is 0 Å². The van der Waals surface area contributed by atoms with E-state index in [-0.39, 0.29) is 0 Å². The van der Waals surface area contributed by atoms with E-state index in [1.165, 1.54) is 5.56 Å². The van der Waals surface area contributed by atoms with Crippen LogP contribution in [-0.2, 0) is 6.54 Å². The van der Waals surface area contributed by atoms with E-state index < -0.39 is 0 Å². The van der Waals surface area contributed by atoms with Gasteiger partial charge < -0.3 is 10.6 Å². The standard InChI is InChI=1S/C17H27N5/c1-15-13-19-17(20-15)18-7-8-21-9-11-22(12-10-21)14-16-5-3-2-4-6-16/h2-6,15H,7-14H2,1H3,(H2,18,19,20). The zero-order valence-electron chi connectivity index (χ0n) is 13.5. The summed E-state index contributed by atoms with van der Waals surface area (Å²) < 4.78 is 0. The van der Waals surface area contributed by atoms with Gasteiger partial charge >= 0.3 is 0 Å². The number of aliphatic imine (C=N–C) groups is 1. The molecule has 0 spiro atoms. The van der Waals surface area contributed by atoms with Crippen LogP contribution in [0.2, 0.25) is 0 Å². The van der Waals surface area contributed by atoms with Crippen molar-refractivity contribution in [2.45, 2.75) is 19.5 Å². The van der Waals surface area contributed by atoms with E-state index >= 15 is 0 Å². The molecule has 120 valence electrons. The summed E-state index contributed by atoms with van der Waals surface area (Å²) in [6.45, 7) is 10.8. The number of nitrogens with one attached hydrogen (secondary N) is 2. The van der Waals surface area contributed by atoms with E-state index in [0.29, 0.717) is 6.04 Å². The van der Waals surface area contributed by atoms with Crippen LogP contribution in [-0.4, -0.2) is 67.6 Å². The van der Waals surface area contributed by atoms with Crippen molar-refractivity contribution in [3.05, 3.63) is 35.9 Å². The molecule has 2 aliphatic heterocycles. The minimum Gasteiger partial charge on any atom is -0.355 e. The highest BCUT2D eigenvalue weighted by molar-refractivity contribution is 5.81. The predicted octanol–water partition coefficient (Wildman–Crippen LogP) is 0.742. The summed E-state index contributed by atoms with van der Waals surface area (Å²) in [7, 11) is 0. The monoisotopic (exact) mass is 301 g/mol. The number of nitrogens with zero attached hydrogens (tertiary/aromatic N) is 3. The summed E-state index contributed by atoms with van der Waals surface area (Å²) >= 11 is 0. The molecule has 0 aromatic heterocycles. The Morgan fingerprint density at radius 2 is 1.86 bits per heavy atom. The lowest BCUT2D eigenvalue weighted by atomic mass is 10.2. The molecule has 2 aliphatic rings. The van der Waals surface area contributed by atoms with Crippen LogP contribution < -0.4 is 10.6 Å². The molecule has 0 amide bonds. The first-order valence-electron chi connectivity index (χ1n) is 8.33. The van der Waals surface area contributed by atoms with Crippen LogP contribution >= 0.6 is 0 Å². The Morgan fingerprint density at radius 3 is 2.55 bits per heavy atom. The van der Waals surface area contributed by atoms with Gasteiger partial charge in [-0.15, -0.1) is 0 Å². The molecule has 1 saturated heterocycles. The number of rotatable bonds is 5. The topological polar surface area (TPSA) is 42.9 Å². The third kappa shape index (κ3) is 4.45. The van der Waals surface area contributed by atoms with Crippen LogP contribution in [0.25, 0.3) is 0 Å². The maximum absolute atomic E-state index is 4.43. The third-order valence-electron chi connectivity index (χ3n) is 4.34. The number of hydrogen-bond donors (Lipinski definition) is 2. The second-order valence-electron chi connectivity index (χ2n) is 6.26. The number of hydrogen-bond acceptors (Lipinski definition) is 5. The van der Waals surface area contributed by atoms with Crippen molar-refractivity contribution >= 4 is 5.96 Å². The minimum absolute atomic E-state index is 0.476. The highest BCUT2D eigenvalue weighted by Crippen LogP contribution is 2.07. The SMILES string of the molecule is CC1CN=C(NCCN2CCN(Cc3ccccc3)CC2)N1. The smallest absolute Gasteiger partial charge is 0.191 e. The van der Waals surface area contributed by atoms with Crippen molar-refractivity contribution in [2.75, 3.05) is 45.8 Å². The second-order valence-corrected chi connectivity index (χ2v) is 6.26. The molecule has 1 atom stereocenters. The average Bonchev–Trinajstić information content (AvgIpc) is 2.96. The molecule has 1 unspecified atom stereocenters. The van der Waals surface area contributed by atoms with Crippen LogP contribution in [0.1, 0.15) is 12.5 Å². The lowest BCUT2D eigenvalue weighted by molar-refractivity contribution is 0.129. The van der Waals surface area contributed by atoms with Crippen molar-refractivity contribution in [3.8, 4) is 0 Å². The van der Waals surface area contributed by atoms with Gasteiger partial charge in [0.05, 0.1) is 6.54 Å². The summed E-state index contributed by atoms with van der Waals surface area (Å²) in [5.41, 5.74) is 1.41. The Morgan fingerprint density at radius 1 is 1.14 bits per heavy atom. The molecule has 0 saturated carbocycles. The van der Waals surface area contributed by atoms with Crippen LogP contribution in [0.5, 0.6) is 0 Å². The van der Waals surface area contributed by atoms with Crippen molar-refractivity contribution in [2.24, 2.45) is 4.99 Å². The minimum atomic E-state index is 0.476. The van der Waals surface area contributed by atoms with Gasteiger partial charge in [0.2, 0.25) is 0 Å². The molecule has 5 heteroatoms. The maximum Gasteiger partial charge on any atom is 0.191 e. The molecule has 2 heterocycles. The van der Waals surface area contributed by atoms with Crippen LogP contribution in [0.3, 0.4) is 0 Å². The van der Waals surface area contributed by atoms with Crippen molar-refractivity contribution in [3.63, 3.8) is 0 Å². The average molecular weight is 301 g/mol. The molecule has 3 rings (SSSR count). The first-order chi connectivity index (χ1) is 10.8. The molecule has 22 heavy (non-hydrogen) atoms. The van der Waals surface area contributed by atoms with Crippen LogP contribution in [0.15, 0.2) is 35.3 Å². The number of piperazine rings is 1. The third-order valence-corrected chi connectivity index (χ3v) is 4.34. The molecule has 0 bridgehead atoms. The van der Waals surface area contributed by atoms with Gasteiger partial charge in [-0.05, 0) is 12.5 Å². The van der Waals surface area contributed by atoms with Crippen molar-refractivity contribution < 1.29 is 0 Å². The van der Waals surface area contributed by atoms with Gasteiger partial charge in [-0.3, -0.25) is 14.8 Å². The summed E-state index contributed by atoms with van der Waals surface area (Å²) in [4.78, 5) is 9.51. The zero-order chi connectivity index (χ0) is 15.2. The Bertz CT molecular complexity index is 479. The van der Waals surface area contributed by atoms with Crippen LogP contribution in [0, 0.1) is 0 Å². The Hall–Kier alpha value is -1.59. The summed E-state index contributed by atoms with van der Waals surface area (Å²) in [6, 6.07) is 11.2. The normalized spacial score (nSPS) is 23.1. The van der Waals surface area contributed by atoms with Crippen molar-refractivity contribution in [1.29, 1.82) is 0 Å². The number of benzene rings is 1. The van der Waals surface area contributed by atoms with Gasteiger partial charge in [0, 0.05) is 51.9 Å². The predicted molar refractivity (Wildman–Crippen MR) is 91.1 cm³/mol. The van der Waals surface area contributed by atoms with E-state index in [0.717, 1.165) is 58.3 Å². The van der Waals surface area contributed by atoms with E-state index in [1.54, 1.807) is 0 Å². The van der Waals surface area contributed by atoms with E-state index in [1.807, 2.05) is 0 Å². The van der Waals surface area contributed by atoms with E-state index in [4.69, 9.17) is 0 Å². The van der Waals surface area contributed by atoms with Crippen LogP contribution in [0.4, 0.5) is 0 Å². The lowest BCUT2D eigenvalue weighted by Gasteiger charge is -2.34. The summed E-state index contributed by atoms with van der Waals surface area (Å²) in [6.07, 6.45) is 0. The Balaban J connectivity index is 1.32. The second kappa shape index (κ2) is 7.61. The molecule has 1 aromatic carbocycles. The first kappa shape index (κ1) is 15.3. The van der Waals surface area contributed by atoms with Gasteiger partial charge in [0.15, 0.2) is 5.96 Å². The van der Waals surface area contributed by atoms with E-state index in [2.05, 4.69) is 62.7 Å². The molecular formula is C17H27N5. The quantitative estimate of drug-likeness (QED) is 0.842. The summed E-state index contributed by atoms with van der Waals surface area (Å²) in [5, 5.41) is 6.73. The fourth-order valence-corrected chi connectivity index (χ4v) is 3.00. The molecular weight excluding hydrogens is 274 g/mol. The van der Waals surface area contributed by atoms with Gasteiger partial charge in [-0.2, -0.15) is 0 Å². The molecule has 1 fully saturated rings. The molecule has 1 aromatic rings. The fourth-order valence-electron chi connectivity index (χ4n) is 3.00. The zero-order valence-corrected chi connectivity index (χ0v) is 13.5. The lowest BCUT2D eigenvalue weighted by Crippen LogP contribution is -2.48. The molecule has 0 aliphatic carbocycles. The van der Waals surface area contributed by atoms with Gasteiger partial charge in [-0.1, -0.05) is 30.3 Å². The highest BCUT2D eigenvalue weighted by Gasteiger charge is 2.17. The molecule has 2 N–H and O–H groups in total. The highest BCUT2D eigenvalue weighted by atomic mass is 15.3. The Kier molecular flexibility index (Phi) is 5.29. The number of guanidine groups is 1. The first-order valence-corrected chi connectivity index (χ1v) is 8.33. The van der Waals surface area contributed by atoms with Gasteiger partial charge in [-0.25, -0.2) is 0 Å². The molecule has 5 nitrogen and oxygen atoms in total. The summed E-state index contributed by atoms with van der Waals surface area (Å²) in [5.74, 6) is 0.968.